The summed E-state index contributed by atoms with van der Waals surface area (Å²) in [5.41, 5.74) is 5.97. The second kappa shape index (κ2) is 5.84. The molecule has 0 saturated carbocycles. The van der Waals surface area contributed by atoms with E-state index in [1.807, 2.05) is 31.2 Å². The second-order valence-electron chi connectivity index (χ2n) is 5.40. The molecule has 2 N–H and O–H groups in total. The molecule has 1 atom stereocenters. The summed E-state index contributed by atoms with van der Waals surface area (Å²) < 4.78 is 11.4. The van der Waals surface area contributed by atoms with Gasteiger partial charge in [0.1, 0.15) is 0 Å². The van der Waals surface area contributed by atoms with E-state index in [4.69, 9.17) is 15.2 Å². The highest BCUT2D eigenvalue weighted by Gasteiger charge is 2.54. The van der Waals surface area contributed by atoms with Gasteiger partial charge >= 0.3 is 5.97 Å². The zero-order valence-electron chi connectivity index (χ0n) is 11.8. The van der Waals surface area contributed by atoms with Gasteiger partial charge in [-0.25, -0.2) is 0 Å². The maximum Gasteiger partial charge on any atom is 0.314 e. The second-order valence-corrected chi connectivity index (χ2v) is 6.31. The molecule has 0 aliphatic carbocycles. The van der Waals surface area contributed by atoms with Gasteiger partial charge in [0.05, 0.1) is 18.1 Å². The van der Waals surface area contributed by atoms with Gasteiger partial charge in [0.15, 0.2) is 0 Å². The number of esters is 1. The molecular weight excluding hydrogens is 322 g/mol. The average Bonchev–Trinajstić information content (AvgIpc) is 2.47. The van der Waals surface area contributed by atoms with Gasteiger partial charge in [-0.2, -0.15) is 0 Å². The smallest absolute Gasteiger partial charge is 0.314 e. The number of nitrogens with two attached hydrogens (primary N) is 1. The van der Waals surface area contributed by atoms with Crippen molar-refractivity contribution in [2.24, 2.45) is 11.1 Å². The van der Waals surface area contributed by atoms with Crippen molar-refractivity contribution in [2.75, 3.05) is 20.3 Å². The van der Waals surface area contributed by atoms with E-state index in [2.05, 4.69) is 15.9 Å². The van der Waals surface area contributed by atoms with Crippen LogP contribution < -0.4 is 5.73 Å². The van der Waals surface area contributed by atoms with Crippen molar-refractivity contribution in [3.8, 4) is 0 Å². The molecule has 0 spiro atoms. The third-order valence-electron chi connectivity index (χ3n) is 4.34. The van der Waals surface area contributed by atoms with Gasteiger partial charge in [-0.15, -0.1) is 0 Å². The van der Waals surface area contributed by atoms with Crippen molar-refractivity contribution in [3.63, 3.8) is 0 Å². The number of rotatable bonds is 3. The zero-order valence-corrected chi connectivity index (χ0v) is 13.4. The maximum absolute atomic E-state index is 12.4. The number of halogens is 1. The lowest BCUT2D eigenvalue weighted by Gasteiger charge is -2.46. The zero-order chi connectivity index (χ0) is 14.8. The lowest BCUT2D eigenvalue weighted by Crippen LogP contribution is -2.57. The Labute approximate surface area is 127 Å². The van der Waals surface area contributed by atoms with Gasteiger partial charge in [-0.05, 0) is 37.5 Å². The molecule has 0 radical (unpaired) electrons. The minimum absolute atomic E-state index is 0.259. The third kappa shape index (κ3) is 2.50. The molecule has 1 saturated heterocycles. The number of carbonyl (C=O) groups excluding carboxylic acids is 1. The number of hydrogen-bond acceptors (Lipinski definition) is 4. The maximum atomic E-state index is 12.4. The van der Waals surface area contributed by atoms with Crippen molar-refractivity contribution >= 4 is 21.9 Å². The molecule has 110 valence electrons. The highest BCUT2D eigenvalue weighted by molar-refractivity contribution is 9.10. The lowest BCUT2D eigenvalue weighted by molar-refractivity contribution is -0.165. The van der Waals surface area contributed by atoms with Crippen molar-refractivity contribution in [2.45, 2.75) is 25.3 Å². The summed E-state index contributed by atoms with van der Waals surface area (Å²) in [5.74, 6) is -0.259. The molecule has 1 aromatic rings. The summed E-state index contributed by atoms with van der Waals surface area (Å²) in [6, 6.07) is 7.77. The number of carbonyl (C=O) groups is 1. The molecule has 0 bridgehead atoms. The molecule has 1 heterocycles. The highest BCUT2D eigenvalue weighted by Crippen LogP contribution is 2.46. The van der Waals surface area contributed by atoms with E-state index >= 15 is 0 Å². The number of benzene rings is 1. The van der Waals surface area contributed by atoms with E-state index in [9.17, 15) is 4.79 Å². The predicted octanol–water partition coefficient (Wildman–Crippen LogP) is 2.59. The van der Waals surface area contributed by atoms with E-state index in [1.165, 1.54) is 7.11 Å². The molecule has 1 unspecified atom stereocenters. The molecule has 5 heteroatoms. The van der Waals surface area contributed by atoms with Gasteiger partial charge in [0.2, 0.25) is 0 Å². The Bertz CT molecular complexity index is 496. The fourth-order valence-corrected chi connectivity index (χ4v) is 3.34. The predicted molar refractivity (Wildman–Crippen MR) is 80.2 cm³/mol. The molecule has 4 nitrogen and oxygen atoms in total. The Morgan fingerprint density at radius 1 is 1.45 bits per heavy atom. The summed E-state index contributed by atoms with van der Waals surface area (Å²) in [4.78, 5) is 12.4. The van der Waals surface area contributed by atoms with Gasteiger partial charge in [-0.3, -0.25) is 4.79 Å². The first-order valence-electron chi connectivity index (χ1n) is 6.65. The summed E-state index contributed by atoms with van der Waals surface area (Å²) >= 11 is 3.45. The first kappa shape index (κ1) is 15.5. The van der Waals surface area contributed by atoms with Crippen LogP contribution in [-0.2, 0) is 19.8 Å². The molecule has 20 heavy (non-hydrogen) atoms. The lowest BCUT2D eigenvalue weighted by atomic mass is 9.63. The van der Waals surface area contributed by atoms with Gasteiger partial charge in [0.25, 0.3) is 0 Å². The van der Waals surface area contributed by atoms with Crippen molar-refractivity contribution in [3.05, 3.63) is 34.3 Å². The van der Waals surface area contributed by atoms with Crippen LogP contribution in [0.5, 0.6) is 0 Å². The van der Waals surface area contributed by atoms with Crippen molar-refractivity contribution in [1.29, 1.82) is 0 Å². The molecule has 1 aromatic carbocycles. The Kier molecular flexibility index (Phi) is 4.52. The van der Waals surface area contributed by atoms with E-state index < -0.39 is 11.0 Å². The Balaban J connectivity index is 2.48. The first-order chi connectivity index (χ1) is 9.44. The molecule has 2 rings (SSSR count). The van der Waals surface area contributed by atoms with Crippen LogP contribution in [0.4, 0.5) is 0 Å². The average molecular weight is 342 g/mol. The monoisotopic (exact) mass is 341 g/mol. The number of methoxy groups -OCH3 is 1. The van der Waals surface area contributed by atoms with E-state index in [-0.39, 0.29) is 5.97 Å². The van der Waals surface area contributed by atoms with Crippen LogP contribution in [0.3, 0.4) is 0 Å². The Morgan fingerprint density at radius 2 is 2.10 bits per heavy atom. The van der Waals surface area contributed by atoms with E-state index in [1.54, 1.807) is 0 Å². The highest BCUT2D eigenvalue weighted by atomic mass is 79.9. The fourth-order valence-electron chi connectivity index (χ4n) is 2.94. The van der Waals surface area contributed by atoms with Gasteiger partial charge < -0.3 is 15.2 Å². The largest absolute Gasteiger partial charge is 0.469 e. The van der Waals surface area contributed by atoms with Crippen molar-refractivity contribution < 1.29 is 14.3 Å². The van der Waals surface area contributed by atoms with Crippen LogP contribution in [0, 0.1) is 5.41 Å². The molecular formula is C15H20BrNO3. The normalized spacial score (nSPS) is 21.0. The molecule has 1 aliphatic heterocycles. The van der Waals surface area contributed by atoms with Crippen LogP contribution in [0.1, 0.15) is 25.3 Å². The quantitative estimate of drug-likeness (QED) is 0.858. The summed E-state index contributed by atoms with van der Waals surface area (Å²) in [7, 11) is 1.41. The van der Waals surface area contributed by atoms with Gasteiger partial charge in [-0.1, -0.05) is 28.1 Å². The first-order valence-corrected chi connectivity index (χ1v) is 7.44. The standard InChI is InChI=1S/C15H20BrNO3/c1-14(17,11-4-3-5-12(16)10-11)15(13(18)19-2)6-8-20-9-7-15/h3-5,10H,6-9,17H2,1-2H3. The van der Waals surface area contributed by atoms with Crippen molar-refractivity contribution in [1.82, 2.24) is 0 Å². The topological polar surface area (TPSA) is 61.5 Å². The van der Waals surface area contributed by atoms with Gasteiger partial charge in [0, 0.05) is 17.7 Å². The summed E-state index contributed by atoms with van der Waals surface area (Å²) in [6.07, 6.45) is 1.14. The molecule has 0 aromatic heterocycles. The van der Waals surface area contributed by atoms with E-state index in [0.29, 0.717) is 26.1 Å². The number of hydrogen-bond donors (Lipinski definition) is 1. The molecule has 1 aliphatic rings. The summed E-state index contributed by atoms with van der Waals surface area (Å²) in [6.45, 7) is 2.95. The van der Waals surface area contributed by atoms with Crippen LogP contribution >= 0.6 is 15.9 Å². The summed E-state index contributed by atoms with van der Waals surface area (Å²) in [5, 5.41) is 0. The van der Waals surface area contributed by atoms with Crippen LogP contribution in [0.2, 0.25) is 0 Å². The molecule has 1 fully saturated rings. The fraction of sp³-hybridized carbons (Fsp3) is 0.533. The van der Waals surface area contributed by atoms with Crippen LogP contribution in [0.25, 0.3) is 0 Å². The molecule has 0 amide bonds. The number of ether oxygens (including phenoxy) is 2. The Morgan fingerprint density at radius 3 is 2.65 bits per heavy atom. The SMILES string of the molecule is COC(=O)C1(C(C)(N)c2cccc(Br)c2)CCOCC1. The minimum atomic E-state index is -0.812. The van der Waals surface area contributed by atoms with E-state index in [0.717, 1.165) is 10.0 Å². The van der Waals surface area contributed by atoms with Crippen LogP contribution in [0.15, 0.2) is 28.7 Å². The third-order valence-corrected chi connectivity index (χ3v) is 4.83. The minimum Gasteiger partial charge on any atom is -0.469 e. The Hall–Kier alpha value is -0.910. The van der Waals surface area contributed by atoms with Crippen LogP contribution in [-0.4, -0.2) is 26.3 Å².